The fourth-order valence-corrected chi connectivity index (χ4v) is 2.32. The van der Waals surface area contributed by atoms with Crippen molar-refractivity contribution in [2.75, 3.05) is 5.32 Å². The predicted molar refractivity (Wildman–Crippen MR) is 85.4 cm³/mol. The van der Waals surface area contributed by atoms with E-state index in [-0.39, 0.29) is 5.91 Å². The molecule has 0 aliphatic heterocycles. The summed E-state index contributed by atoms with van der Waals surface area (Å²) >= 11 is 0. The molecule has 3 aromatic heterocycles. The third kappa shape index (κ3) is 2.55. The van der Waals surface area contributed by atoms with Crippen LogP contribution in [0.1, 0.15) is 10.5 Å². The molecule has 4 rings (SSSR count). The topological polar surface area (TPSA) is 88.5 Å². The zero-order chi connectivity index (χ0) is 15.6. The van der Waals surface area contributed by atoms with Gasteiger partial charge >= 0.3 is 0 Å². The highest BCUT2D eigenvalue weighted by Gasteiger charge is 2.10. The Hall–Kier alpha value is -3.48. The monoisotopic (exact) mass is 304 g/mol. The van der Waals surface area contributed by atoms with E-state index in [1.807, 2.05) is 30.5 Å². The highest BCUT2D eigenvalue weighted by molar-refractivity contribution is 6.04. The van der Waals surface area contributed by atoms with Crippen LogP contribution >= 0.6 is 0 Å². The van der Waals surface area contributed by atoms with Crippen LogP contribution in [0, 0.1) is 0 Å². The van der Waals surface area contributed by atoms with Crippen molar-refractivity contribution in [2.24, 2.45) is 0 Å². The third-order valence-electron chi connectivity index (χ3n) is 3.44. The lowest BCUT2D eigenvalue weighted by molar-refractivity contribution is 0.102. The maximum absolute atomic E-state index is 12.4. The molecule has 0 aliphatic carbocycles. The number of H-pyrrole nitrogens is 1. The van der Waals surface area contributed by atoms with Crippen LogP contribution < -0.4 is 5.32 Å². The minimum atomic E-state index is -0.280. The molecule has 0 fully saturated rings. The van der Waals surface area contributed by atoms with Crippen molar-refractivity contribution in [1.82, 2.24) is 25.0 Å². The molecule has 0 radical (unpaired) electrons. The first-order chi connectivity index (χ1) is 11.3. The van der Waals surface area contributed by atoms with Crippen LogP contribution in [-0.2, 0) is 0 Å². The maximum Gasteiger partial charge on any atom is 0.274 e. The van der Waals surface area contributed by atoms with Gasteiger partial charge in [-0.25, -0.2) is 4.68 Å². The summed E-state index contributed by atoms with van der Waals surface area (Å²) in [5.74, 6) is -0.280. The van der Waals surface area contributed by atoms with Gasteiger partial charge in [0, 0.05) is 29.7 Å². The predicted octanol–water partition coefficient (Wildman–Crippen LogP) is 2.40. The standard InChI is InChI=1S/C16H12N6O/c23-16(20-12-3-2-11-10-18-21-14(11)8-12)15-9-13(4-6-17-15)22-7-1-5-19-22/h1-10H,(H,18,21)(H,20,23). The van der Waals surface area contributed by atoms with Gasteiger partial charge in [-0.2, -0.15) is 10.2 Å². The Bertz CT molecular complexity index is 973. The smallest absolute Gasteiger partial charge is 0.274 e. The first-order valence-electron chi connectivity index (χ1n) is 7.00. The SMILES string of the molecule is O=C(Nc1ccc2cn[nH]c2c1)c1cc(-n2cccn2)ccn1. The molecule has 4 aromatic rings. The fourth-order valence-electron chi connectivity index (χ4n) is 2.32. The van der Waals surface area contributed by atoms with Gasteiger partial charge in [-0.1, -0.05) is 0 Å². The second-order valence-electron chi connectivity index (χ2n) is 4.98. The van der Waals surface area contributed by atoms with Crippen molar-refractivity contribution >= 4 is 22.5 Å². The van der Waals surface area contributed by atoms with E-state index in [0.29, 0.717) is 11.4 Å². The average molecular weight is 304 g/mol. The molecule has 0 unspecified atom stereocenters. The van der Waals surface area contributed by atoms with E-state index >= 15 is 0 Å². The van der Waals surface area contributed by atoms with Crippen molar-refractivity contribution in [2.45, 2.75) is 0 Å². The molecule has 3 heterocycles. The molecule has 0 aliphatic rings. The molecule has 1 amide bonds. The van der Waals surface area contributed by atoms with Crippen LogP contribution in [0.3, 0.4) is 0 Å². The van der Waals surface area contributed by atoms with E-state index in [1.54, 1.807) is 35.4 Å². The van der Waals surface area contributed by atoms with Gasteiger partial charge in [0.05, 0.1) is 17.4 Å². The number of carbonyl (C=O) groups excluding carboxylic acids is 1. The molecule has 0 saturated heterocycles. The van der Waals surface area contributed by atoms with E-state index < -0.39 is 0 Å². The molecule has 23 heavy (non-hydrogen) atoms. The molecular formula is C16H12N6O. The van der Waals surface area contributed by atoms with E-state index in [0.717, 1.165) is 16.6 Å². The average Bonchev–Trinajstić information content (AvgIpc) is 3.26. The zero-order valence-electron chi connectivity index (χ0n) is 12.0. The van der Waals surface area contributed by atoms with Crippen LogP contribution in [0.25, 0.3) is 16.6 Å². The third-order valence-corrected chi connectivity index (χ3v) is 3.44. The Kier molecular flexibility index (Phi) is 3.09. The molecule has 7 heteroatoms. The number of hydrogen-bond donors (Lipinski definition) is 2. The van der Waals surface area contributed by atoms with Gasteiger partial charge in [0.15, 0.2) is 0 Å². The minimum absolute atomic E-state index is 0.280. The van der Waals surface area contributed by atoms with Gasteiger partial charge in [0.2, 0.25) is 0 Å². The van der Waals surface area contributed by atoms with E-state index in [2.05, 4.69) is 25.6 Å². The van der Waals surface area contributed by atoms with Crippen molar-refractivity contribution in [3.8, 4) is 5.69 Å². The number of amides is 1. The fraction of sp³-hybridized carbons (Fsp3) is 0. The number of aromatic amines is 1. The van der Waals surface area contributed by atoms with Gasteiger partial charge < -0.3 is 5.32 Å². The number of nitrogens with zero attached hydrogens (tertiary/aromatic N) is 4. The largest absolute Gasteiger partial charge is 0.321 e. The summed E-state index contributed by atoms with van der Waals surface area (Å²) in [5, 5.41) is 14.8. The van der Waals surface area contributed by atoms with Crippen LogP contribution in [-0.4, -0.2) is 30.9 Å². The molecule has 112 valence electrons. The lowest BCUT2D eigenvalue weighted by Gasteiger charge is -2.06. The Morgan fingerprint density at radius 1 is 1.17 bits per heavy atom. The first kappa shape index (κ1) is 13.2. The molecule has 0 atom stereocenters. The first-order valence-corrected chi connectivity index (χ1v) is 7.00. The van der Waals surface area contributed by atoms with Crippen molar-refractivity contribution in [3.63, 3.8) is 0 Å². The second-order valence-corrected chi connectivity index (χ2v) is 4.98. The Morgan fingerprint density at radius 3 is 3.00 bits per heavy atom. The lowest BCUT2D eigenvalue weighted by atomic mass is 10.2. The number of hydrogen-bond acceptors (Lipinski definition) is 4. The number of rotatable bonds is 3. The highest BCUT2D eigenvalue weighted by atomic mass is 16.1. The van der Waals surface area contributed by atoms with Gasteiger partial charge in [-0.05, 0) is 36.4 Å². The quantitative estimate of drug-likeness (QED) is 0.608. The van der Waals surface area contributed by atoms with Crippen molar-refractivity contribution in [3.05, 3.63) is 66.9 Å². The summed E-state index contributed by atoms with van der Waals surface area (Å²) in [6.07, 6.45) is 6.81. The van der Waals surface area contributed by atoms with Gasteiger partial charge in [-0.3, -0.25) is 14.9 Å². The summed E-state index contributed by atoms with van der Waals surface area (Å²) in [6, 6.07) is 10.9. The Labute approximate surface area is 131 Å². The number of aromatic nitrogens is 5. The molecule has 7 nitrogen and oxygen atoms in total. The number of pyridine rings is 1. The van der Waals surface area contributed by atoms with Gasteiger partial charge in [-0.15, -0.1) is 0 Å². The summed E-state index contributed by atoms with van der Waals surface area (Å²) in [4.78, 5) is 16.5. The molecule has 0 saturated carbocycles. The highest BCUT2D eigenvalue weighted by Crippen LogP contribution is 2.17. The molecule has 0 bridgehead atoms. The summed E-state index contributed by atoms with van der Waals surface area (Å²) in [7, 11) is 0. The number of anilines is 1. The molecule has 0 spiro atoms. The van der Waals surface area contributed by atoms with Crippen molar-refractivity contribution in [1.29, 1.82) is 0 Å². The van der Waals surface area contributed by atoms with Gasteiger partial charge in [0.25, 0.3) is 5.91 Å². The van der Waals surface area contributed by atoms with E-state index in [4.69, 9.17) is 0 Å². The lowest BCUT2D eigenvalue weighted by Crippen LogP contribution is -2.14. The number of nitrogens with one attached hydrogen (secondary N) is 2. The number of benzene rings is 1. The number of fused-ring (bicyclic) bond motifs is 1. The Balaban J connectivity index is 1.60. The maximum atomic E-state index is 12.4. The summed E-state index contributed by atoms with van der Waals surface area (Å²) < 4.78 is 1.68. The molecular weight excluding hydrogens is 292 g/mol. The van der Waals surface area contributed by atoms with Crippen LogP contribution in [0.4, 0.5) is 5.69 Å². The van der Waals surface area contributed by atoms with Crippen LogP contribution in [0.2, 0.25) is 0 Å². The van der Waals surface area contributed by atoms with E-state index in [9.17, 15) is 4.79 Å². The normalized spacial score (nSPS) is 10.8. The zero-order valence-corrected chi connectivity index (χ0v) is 12.0. The van der Waals surface area contributed by atoms with Crippen LogP contribution in [0.5, 0.6) is 0 Å². The van der Waals surface area contributed by atoms with Crippen molar-refractivity contribution < 1.29 is 4.79 Å². The van der Waals surface area contributed by atoms with Crippen LogP contribution in [0.15, 0.2) is 61.2 Å². The summed E-state index contributed by atoms with van der Waals surface area (Å²) in [5.41, 5.74) is 2.64. The van der Waals surface area contributed by atoms with E-state index in [1.165, 1.54) is 0 Å². The van der Waals surface area contributed by atoms with Gasteiger partial charge in [0.1, 0.15) is 5.69 Å². The Morgan fingerprint density at radius 2 is 2.13 bits per heavy atom. The number of carbonyl (C=O) groups is 1. The summed E-state index contributed by atoms with van der Waals surface area (Å²) in [6.45, 7) is 0. The second kappa shape index (κ2) is 5.38. The molecule has 2 N–H and O–H groups in total. The molecule has 1 aromatic carbocycles. The minimum Gasteiger partial charge on any atom is -0.321 e.